The van der Waals surface area contributed by atoms with Crippen LogP contribution in [0.5, 0.6) is 0 Å². The highest BCUT2D eigenvalue weighted by Crippen LogP contribution is 2.20. The summed E-state index contributed by atoms with van der Waals surface area (Å²) in [5, 5.41) is 3.14. The SMILES string of the molecule is NC(C(=O)NC1CCN(c2ccccn2)CC1)C1CCOCC1. The van der Waals surface area contributed by atoms with Crippen molar-refractivity contribution in [1.82, 2.24) is 10.3 Å². The number of hydrogen-bond donors (Lipinski definition) is 2. The van der Waals surface area contributed by atoms with Gasteiger partial charge in [0.2, 0.25) is 5.91 Å². The highest BCUT2D eigenvalue weighted by Gasteiger charge is 2.29. The van der Waals surface area contributed by atoms with Gasteiger partial charge in [0.25, 0.3) is 0 Å². The van der Waals surface area contributed by atoms with Crippen LogP contribution in [0, 0.1) is 5.92 Å². The van der Waals surface area contributed by atoms with Gasteiger partial charge in [-0.2, -0.15) is 0 Å². The van der Waals surface area contributed by atoms with Gasteiger partial charge in [-0.05, 0) is 43.7 Å². The topological polar surface area (TPSA) is 80.5 Å². The Kier molecular flexibility index (Phi) is 5.46. The van der Waals surface area contributed by atoms with Gasteiger partial charge >= 0.3 is 0 Å². The first kappa shape index (κ1) is 16.2. The van der Waals surface area contributed by atoms with E-state index in [1.165, 1.54) is 0 Å². The predicted molar refractivity (Wildman–Crippen MR) is 89.1 cm³/mol. The number of anilines is 1. The molecule has 3 heterocycles. The molecule has 1 unspecified atom stereocenters. The summed E-state index contributed by atoms with van der Waals surface area (Å²) in [5.74, 6) is 1.25. The van der Waals surface area contributed by atoms with Crippen molar-refractivity contribution in [3.63, 3.8) is 0 Å². The van der Waals surface area contributed by atoms with Crippen molar-refractivity contribution in [2.45, 2.75) is 37.8 Å². The number of rotatable bonds is 4. The summed E-state index contributed by atoms with van der Waals surface area (Å²) in [6.07, 6.45) is 5.45. The third-order valence-electron chi connectivity index (χ3n) is 4.89. The molecule has 0 aromatic carbocycles. The molecule has 1 aromatic heterocycles. The zero-order valence-corrected chi connectivity index (χ0v) is 13.5. The Hall–Kier alpha value is -1.66. The van der Waals surface area contributed by atoms with Crippen LogP contribution in [0.25, 0.3) is 0 Å². The van der Waals surface area contributed by atoms with Crippen LogP contribution in [0.1, 0.15) is 25.7 Å². The molecule has 3 N–H and O–H groups in total. The Morgan fingerprint density at radius 3 is 2.65 bits per heavy atom. The molecule has 0 spiro atoms. The van der Waals surface area contributed by atoms with Gasteiger partial charge in [0.05, 0.1) is 6.04 Å². The van der Waals surface area contributed by atoms with Crippen molar-refractivity contribution >= 4 is 11.7 Å². The number of carbonyl (C=O) groups excluding carboxylic acids is 1. The summed E-state index contributed by atoms with van der Waals surface area (Å²) in [7, 11) is 0. The highest BCUT2D eigenvalue weighted by atomic mass is 16.5. The van der Waals surface area contributed by atoms with E-state index in [0.29, 0.717) is 13.2 Å². The van der Waals surface area contributed by atoms with Crippen LogP contribution < -0.4 is 16.0 Å². The van der Waals surface area contributed by atoms with Crippen LogP contribution in [0.3, 0.4) is 0 Å². The lowest BCUT2D eigenvalue weighted by molar-refractivity contribution is -0.125. The molecule has 23 heavy (non-hydrogen) atoms. The van der Waals surface area contributed by atoms with Gasteiger partial charge in [-0.3, -0.25) is 4.79 Å². The van der Waals surface area contributed by atoms with E-state index in [9.17, 15) is 4.79 Å². The van der Waals surface area contributed by atoms with Crippen LogP contribution in [-0.4, -0.2) is 49.3 Å². The largest absolute Gasteiger partial charge is 0.381 e. The predicted octanol–water partition coefficient (Wildman–Crippen LogP) is 0.920. The average Bonchev–Trinajstić information content (AvgIpc) is 2.63. The van der Waals surface area contributed by atoms with Crippen LogP contribution in [0.2, 0.25) is 0 Å². The Morgan fingerprint density at radius 1 is 1.26 bits per heavy atom. The maximum Gasteiger partial charge on any atom is 0.237 e. The molecule has 126 valence electrons. The normalized spacial score (nSPS) is 21.9. The van der Waals surface area contributed by atoms with Crippen molar-refractivity contribution in [3.05, 3.63) is 24.4 Å². The number of piperidine rings is 1. The highest BCUT2D eigenvalue weighted by molar-refractivity contribution is 5.82. The van der Waals surface area contributed by atoms with Gasteiger partial charge in [-0.1, -0.05) is 6.07 Å². The van der Waals surface area contributed by atoms with Crippen LogP contribution in [0.15, 0.2) is 24.4 Å². The van der Waals surface area contributed by atoms with Crippen molar-refractivity contribution in [1.29, 1.82) is 0 Å². The molecular weight excluding hydrogens is 292 g/mol. The maximum atomic E-state index is 12.4. The zero-order valence-electron chi connectivity index (χ0n) is 13.5. The van der Waals surface area contributed by atoms with Gasteiger partial charge in [0.15, 0.2) is 0 Å². The number of nitrogens with two attached hydrogens (primary N) is 1. The molecule has 0 radical (unpaired) electrons. The molecule has 2 aliphatic rings. The van der Waals surface area contributed by atoms with Gasteiger partial charge in [0, 0.05) is 38.5 Å². The Labute approximate surface area is 137 Å². The molecule has 6 nitrogen and oxygen atoms in total. The number of aromatic nitrogens is 1. The molecule has 1 atom stereocenters. The van der Waals surface area contributed by atoms with Crippen molar-refractivity contribution < 1.29 is 9.53 Å². The summed E-state index contributed by atoms with van der Waals surface area (Å²) in [4.78, 5) is 19.0. The Bertz CT molecular complexity index is 497. The molecule has 1 aromatic rings. The first-order chi connectivity index (χ1) is 11.2. The van der Waals surface area contributed by atoms with Crippen molar-refractivity contribution in [3.8, 4) is 0 Å². The van der Waals surface area contributed by atoms with Gasteiger partial charge in [-0.15, -0.1) is 0 Å². The Balaban J connectivity index is 1.45. The third kappa shape index (κ3) is 4.20. The first-order valence-corrected chi connectivity index (χ1v) is 8.54. The number of nitrogens with one attached hydrogen (secondary N) is 1. The van der Waals surface area contributed by atoms with E-state index in [2.05, 4.69) is 15.2 Å². The smallest absolute Gasteiger partial charge is 0.237 e. The van der Waals surface area contributed by atoms with Crippen LogP contribution in [0.4, 0.5) is 5.82 Å². The summed E-state index contributed by atoms with van der Waals surface area (Å²) < 4.78 is 5.33. The molecule has 2 aliphatic heterocycles. The second kappa shape index (κ2) is 7.75. The van der Waals surface area contributed by atoms with Crippen LogP contribution >= 0.6 is 0 Å². The van der Waals surface area contributed by atoms with E-state index in [-0.39, 0.29) is 17.9 Å². The molecule has 1 amide bonds. The Morgan fingerprint density at radius 2 is 2.00 bits per heavy atom. The fraction of sp³-hybridized carbons (Fsp3) is 0.647. The summed E-state index contributed by atoms with van der Waals surface area (Å²) in [5.41, 5.74) is 6.14. The summed E-state index contributed by atoms with van der Waals surface area (Å²) in [6.45, 7) is 3.26. The lowest BCUT2D eigenvalue weighted by Gasteiger charge is -2.34. The zero-order chi connectivity index (χ0) is 16.1. The molecule has 6 heteroatoms. The number of carbonyl (C=O) groups is 1. The number of hydrogen-bond acceptors (Lipinski definition) is 5. The number of amides is 1. The standard InChI is InChI=1S/C17H26N4O2/c18-16(13-6-11-23-12-7-13)17(22)20-14-4-9-21(10-5-14)15-3-1-2-8-19-15/h1-3,8,13-14,16H,4-7,9-12,18H2,(H,20,22). The molecule has 2 fully saturated rings. The summed E-state index contributed by atoms with van der Waals surface area (Å²) >= 11 is 0. The van der Waals surface area contributed by atoms with Gasteiger partial charge < -0.3 is 20.7 Å². The quantitative estimate of drug-likeness (QED) is 0.863. The fourth-order valence-corrected chi connectivity index (χ4v) is 3.38. The van der Waals surface area contributed by atoms with Crippen molar-refractivity contribution in [2.75, 3.05) is 31.2 Å². The van der Waals surface area contributed by atoms with E-state index in [1.807, 2.05) is 24.4 Å². The first-order valence-electron chi connectivity index (χ1n) is 8.54. The van der Waals surface area contributed by atoms with E-state index < -0.39 is 6.04 Å². The molecular formula is C17H26N4O2. The summed E-state index contributed by atoms with van der Waals surface area (Å²) in [6, 6.07) is 5.76. The maximum absolute atomic E-state index is 12.4. The number of ether oxygens (including phenoxy) is 1. The lowest BCUT2D eigenvalue weighted by atomic mass is 9.91. The van der Waals surface area contributed by atoms with Gasteiger partial charge in [-0.25, -0.2) is 4.98 Å². The third-order valence-corrected chi connectivity index (χ3v) is 4.89. The number of pyridine rings is 1. The second-order valence-electron chi connectivity index (χ2n) is 6.43. The molecule has 0 bridgehead atoms. The second-order valence-corrected chi connectivity index (χ2v) is 6.43. The minimum atomic E-state index is -0.410. The number of nitrogens with zero attached hydrogens (tertiary/aromatic N) is 2. The monoisotopic (exact) mass is 318 g/mol. The van der Waals surface area contributed by atoms with E-state index >= 15 is 0 Å². The minimum Gasteiger partial charge on any atom is -0.381 e. The lowest BCUT2D eigenvalue weighted by Crippen LogP contribution is -2.52. The van der Waals surface area contributed by atoms with Crippen molar-refractivity contribution in [2.24, 2.45) is 11.7 Å². The van der Waals surface area contributed by atoms with E-state index in [4.69, 9.17) is 10.5 Å². The molecule has 2 saturated heterocycles. The van der Waals surface area contributed by atoms with E-state index in [0.717, 1.165) is 44.6 Å². The minimum absolute atomic E-state index is 0.00631. The van der Waals surface area contributed by atoms with E-state index in [1.54, 1.807) is 0 Å². The molecule has 0 saturated carbocycles. The molecule has 0 aliphatic carbocycles. The average molecular weight is 318 g/mol. The van der Waals surface area contributed by atoms with Gasteiger partial charge in [0.1, 0.15) is 5.82 Å². The molecule has 3 rings (SSSR count). The fourth-order valence-electron chi connectivity index (χ4n) is 3.38. The van der Waals surface area contributed by atoms with Crippen LogP contribution in [-0.2, 0) is 9.53 Å².